The lowest BCUT2D eigenvalue weighted by Crippen LogP contribution is -2.40. The van der Waals surface area contributed by atoms with Gasteiger partial charge in [0.1, 0.15) is 0 Å². The van der Waals surface area contributed by atoms with E-state index in [1.807, 2.05) is 18.6 Å². The van der Waals surface area contributed by atoms with Crippen LogP contribution in [0.4, 0.5) is 0 Å². The largest absolute Gasteiger partial charge is 0.315 e. The Balaban J connectivity index is 2.18. The van der Waals surface area contributed by atoms with Gasteiger partial charge in [0, 0.05) is 29.7 Å². The zero-order valence-corrected chi connectivity index (χ0v) is 9.16. The van der Waals surface area contributed by atoms with Gasteiger partial charge in [0.05, 0.1) is 17.5 Å². The van der Waals surface area contributed by atoms with E-state index in [1.54, 1.807) is 0 Å². The number of nitrogens with zero attached hydrogens (tertiary/aromatic N) is 2. The number of rotatable bonds is 1. The van der Waals surface area contributed by atoms with E-state index in [-0.39, 0.29) is 0 Å². The number of fused-ring (bicyclic) bond motifs is 1. The summed E-state index contributed by atoms with van der Waals surface area (Å²) in [5, 5.41) is 3.27. The number of nitrogens with one attached hydrogen (secondary N) is 1. The Labute approximate surface area is 90.3 Å². The molecule has 0 atom stereocenters. The van der Waals surface area contributed by atoms with Crippen molar-refractivity contribution in [2.45, 2.75) is 5.92 Å². The summed E-state index contributed by atoms with van der Waals surface area (Å²) < 4.78 is 3.18. The Morgan fingerprint density at radius 3 is 3.07 bits per heavy atom. The molecule has 0 radical (unpaired) electrons. The Bertz CT molecular complexity index is 473. The van der Waals surface area contributed by atoms with E-state index in [0.717, 1.165) is 17.6 Å². The molecule has 0 unspecified atom stereocenters. The van der Waals surface area contributed by atoms with Gasteiger partial charge < -0.3 is 9.72 Å². The molecular formula is C10H10BrN3. The van der Waals surface area contributed by atoms with Crippen LogP contribution in [0.25, 0.3) is 5.52 Å². The summed E-state index contributed by atoms with van der Waals surface area (Å²) in [6.07, 6.45) is 3.91. The van der Waals surface area contributed by atoms with Gasteiger partial charge in [-0.05, 0) is 12.1 Å². The molecule has 0 spiro atoms. The first kappa shape index (κ1) is 8.44. The smallest absolute Gasteiger partial charge is 0.0995 e. The molecule has 0 amide bonds. The van der Waals surface area contributed by atoms with Crippen LogP contribution < -0.4 is 5.32 Å². The van der Waals surface area contributed by atoms with Crippen molar-refractivity contribution >= 4 is 21.4 Å². The quantitative estimate of drug-likeness (QED) is 0.838. The first-order valence-electron chi connectivity index (χ1n) is 4.67. The molecule has 3 rings (SSSR count). The Hall–Kier alpha value is -0.870. The van der Waals surface area contributed by atoms with E-state index < -0.39 is 0 Å². The molecule has 0 aromatic carbocycles. The Morgan fingerprint density at radius 2 is 2.36 bits per heavy atom. The molecule has 3 nitrogen and oxygen atoms in total. The minimum Gasteiger partial charge on any atom is -0.315 e. The van der Waals surface area contributed by atoms with Crippen molar-refractivity contribution in [2.75, 3.05) is 13.1 Å². The van der Waals surface area contributed by atoms with Gasteiger partial charge in [-0.1, -0.05) is 15.9 Å². The molecule has 14 heavy (non-hydrogen) atoms. The van der Waals surface area contributed by atoms with Crippen LogP contribution in [0.5, 0.6) is 0 Å². The molecule has 1 fully saturated rings. The van der Waals surface area contributed by atoms with Gasteiger partial charge in [-0.25, -0.2) is 4.98 Å². The molecule has 1 aliphatic heterocycles. The highest BCUT2D eigenvalue weighted by Crippen LogP contribution is 2.24. The highest BCUT2D eigenvalue weighted by Gasteiger charge is 2.23. The van der Waals surface area contributed by atoms with Crippen molar-refractivity contribution in [2.24, 2.45) is 0 Å². The van der Waals surface area contributed by atoms with Crippen molar-refractivity contribution in [1.82, 2.24) is 14.7 Å². The lowest BCUT2D eigenvalue weighted by molar-refractivity contribution is 0.443. The summed E-state index contributed by atoms with van der Waals surface area (Å²) in [7, 11) is 0. The van der Waals surface area contributed by atoms with E-state index >= 15 is 0 Å². The van der Waals surface area contributed by atoms with E-state index in [4.69, 9.17) is 0 Å². The predicted octanol–water partition coefficient (Wildman–Crippen LogP) is 1.78. The fraction of sp³-hybridized carbons (Fsp3) is 0.300. The molecule has 2 aromatic heterocycles. The summed E-state index contributed by atoms with van der Waals surface area (Å²) in [6, 6.07) is 4.15. The van der Waals surface area contributed by atoms with Gasteiger partial charge in [-0.3, -0.25) is 0 Å². The average Bonchev–Trinajstić information content (AvgIpc) is 2.46. The minimum atomic E-state index is 0.592. The number of pyridine rings is 1. The van der Waals surface area contributed by atoms with Crippen LogP contribution >= 0.6 is 15.9 Å². The molecule has 0 saturated carbocycles. The summed E-state index contributed by atoms with van der Waals surface area (Å²) in [5.74, 6) is 0.592. The SMILES string of the molecule is Brc1ccn2cnc(C3CNC3)c2c1. The molecular weight excluding hydrogens is 242 g/mol. The van der Waals surface area contributed by atoms with E-state index in [0.29, 0.717) is 5.92 Å². The third-order valence-corrected chi connectivity index (χ3v) is 3.19. The van der Waals surface area contributed by atoms with Crippen molar-refractivity contribution in [1.29, 1.82) is 0 Å². The summed E-state index contributed by atoms with van der Waals surface area (Å²) >= 11 is 3.48. The van der Waals surface area contributed by atoms with Gasteiger partial charge in [0.25, 0.3) is 0 Å². The fourth-order valence-electron chi connectivity index (χ4n) is 1.78. The Kier molecular flexibility index (Phi) is 1.85. The molecule has 1 N–H and O–H groups in total. The maximum absolute atomic E-state index is 4.46. The normalized spacial score (nSPS) is 17.2. The fourth-order valence-corrected chi connectivity index (χ4v) is 2.11. The molecule has 0 bridgehead atoms. The molecule has 1 aliphatic rings. The molecule has 72 valence electrons. The number of halogens is 1. The average molecular weight is 252 g/mol. The lowest BCUT2D eigenvalue weighted by Gasteiger charge is -2.25. The number of hydrogen-bond donors (Lipinski definition) is 1. The van der Waals surface area contributed by atoms with Gasteiger partial charge in [-0.15, -0.1) is 0 Å². The second kappa shape index (κ2) is 3.07. The van der Waals surface area contributed by atoms with E-state index in [9.17, 15) is 0 Å². The third-order valence-electron chi connectivity index (χ3n) is 2.70. The van der Waals surface area contributed by atoms with Crippen LogP contribution in [0.15, 0.2) is 29.1 Å². The van der Waals surface area contributed by atoms with Crippen LogP contribution in [-0.4, -0.2) is 22.5 Å². The molecule has 3 heterocycles. The van der Waals surface area contributed by atoms with Crippen LogP contribution in [0, 0.1) is 0 Å². The zero-order chi connectivity index (χ0) is 9.54. The first-order chi connectivity index (χ1) is 6.84. The number of aromatic nitrogens is 2. The number of hydrogen-bond acceptors (Lipinski definition) is 2. The highest BCUT2D eigenvalue weighted by molar-refractivity contribution is 9.10. The zero-order valence-electron chi connectivity index (χ0n) is 7.57. The summed E-state index contributed by atoms with van der Waals surface area (Å²) in [4.78, 5) is 4.46. The molecule has 4 heteroatoms. The summed E-state index contributed by atoms with van der Waals surface area (Å²) in [6.45, 7) is 2.11. The van der Waals surface area contributed by atoms with Gasteiger partial charge in [0.15, 0.2) is 0 Å². The molecule has 2 aromatic rings. The molecule has 0 aliphatic carbocycles. The Morgan fingerprint density at radius 1 is 1.50 bits per heavy atom. The second-order valence-electron chi connectivity index (χ2n) is 3.62. The summed E-state index contributed by atoms with van der Waals surface area (Å²) in [5.41, 5.74) is 2.43. The standard InChI is InChI=1S/C10H10BrN3/c11-8-1-2-14-6-13-10(9(14)3-8)7-4-12-5-7/h1-3,6-7,12H,4-5H2. The van der Waals surface area contributed by atoms with Crippen LogP contribution in [0.1, 0.15) is 11.6 Å². The van der Waals surface area contributed by atoms with Gasteiger partial charge >= 0.3 is 0 Å². The van der Waals surface area contributed by atoms with E-state index in [1.165, 1.54) is 11.2 Å². The van der Waals surface area contributed by atoms with Crippen LogP contribution in [-0.2, 0) is 0 Å². The lowest BCUT2D eigenvalue weighted by atomic mass is 9.98. The number of imidazole rings is 1. The predicted molar refractivity (Wildman–Crippen MR) is 58.5 cm³/mol. The van der Waals surface area contributed by atoms with E-state index in [2.05, 4.69) is 36.7 Å². The third kappa shape index (κ3) is 1.18. The van der Waals surface area contributed by atoms with Crippen molar-refractivity contribution in [3.05, 3.63) is 34.8 Å². The van der Waals surface area contributed by atoms with Crippen LogP contribution in [0.2, 0.25) is 0 Å². The van der Waals surface area contributed by atoms with Crippen LogP contribution in [0.3, 0.4) is 0 Å². The maximum atomic E-state index is 4.46. The monoisotopic (exact) mass is 251 g/mol. The van der Waals surface area contributed by atoms with Crippen molar-refractivity contribution < 1.29 is 0 Å². The van der Waals surface area contributed by atoms with Gasteiger partial charge in [0.2, 0.25) is 0 Å². The highest BCUT2D eigenvalue weighted by atomic mass is 79.9. The molecule has 1 saturated heterocycles. The minimum absolute atomic E-state index is 0.592. The maximum Gasteiger partial charge on any atom is 0.0995 e. The van der Waals surface area contributed by atoms with Crippen molar-refractivity contribution in [3.63, 3.8) is 0 Å². The first-order valence-corrected chi connectivity index (χ1v) is 5.47. The van der Waals surface area contributed by atoms with Crippen molar-refractivity contribution in [3.8, 4) is 0 Å². The second-order valence-corrected chi connectivity index (χ2v) is 4.54. The van der Waals surface area contributed by atoms with Gasteiger partial charge in [-0.2, -0.15) is 0 Å². The topological polar surface area (TPSA) is 29.3 Å².